The highest BCUT2D eigenvalue weighted by molar-refractivity contribution is 6.07. The predicted octanol–water partition coefficient (Wildman–Crippen LogP) is 3.22. The lowest BCUT2D eigenvalue weighted by molar-refractivity contribution is 0.0698. The van der Waals surface area contributed by atoms with Crippen molar-refractivity contribution in [3.63, 3.8) is 0 Å². The Morgan fingerprint density at radius 3 is 2.38 bits per heavy atom. The second-order valence-electron chi connectivity index (χ2n) is 4.44. The summed E-state index contributed by atoms with van der Waals surface area (Å²) in [6.45, 7) is 1.72. The highest BCUT2D eigenvalue weighted by atomic mass is 19.2. The molecule has 0 unspecified atom stereocenters. The van der Waals surface area contributed by atoms with Crippen molar-refractivity contribution in [3.8, 4) is 0 Å². The smallest absolute Gasteiger partial charge is 0.337 e. The molecule has 21 heavy (non-hydrogen) atoms. The lowest BCUT2D eigenvalue weighted by Gasteiger charge is -2.09. The zero-order chi connectivity index (χ0) is 15.6. The first-order chi connectivity index (χ1) is 9.88. The number of rotatable bonds is 3. The highest BCUT2D eigenvalue weighted by Gasteiger charge is 2.15. The van der Waals surface area contributed by atoms with E-state index in [4.69, 9.17) is 5.11 Å². The van der Waals surface area contributed by atoms with Crippen LogP contribution in [0.2, 0.25) is 0 Å². The molecule has 0 aromatic heterocycles. The third-order valence-corrected chi connectivity index (χ3v) is 2.84. The molecule has 0 bridgehead atoms. The van der Waals surface area contributed by atoms with Gasteiger partial charge in [-0.15, -0.1) is 0 Å². The van der Waals surface area contributed by atoms with Crippen LogP contribution in [-0.4, -0.2) is 17.0 Å². The van der Waals surface area contributed by atoms with Crippen molar-refractivity contribution in [2.45, 2.75) is 6.92 Å². The average Bonchev–Trinajstić information content (AvgIpc) is 2.43. The number of carbonyl (C=O) groups is 2. The minimum Gasteiger partial charge on any atom is -0.478 e. The van der Waals surface area contributed by atoms with E-state index in [9.17, 15) is 18.4 Å². The number of amides is 1. The van der Waals surface area contributed by atoms with Crippen molar-refractivity contribution < 1.29 is 23.5 Å². The van der Waals surface area contributed by atoms with E-state index in [1.807, 2.05) is 0 Å². The molecule has 0 heterocycles. The fraction of sp³-hybridized carbons (Fsp3) is 0.0667. The number of halogens is 2. The Morgan fingerprint density at radius 1 is 1.05 bits per heavy atom. The van der Waals surface area contributed by atoms with Crippen LogP contribution in [0.4, 0.5) is 14.5 Å². The van der Waals surface area contributed by atoms with Crippen molar-refractivity contribution in [1.29, 1.82) is 0 Å². The molecule has 108 valence electrons. The molecule has 0 atom stereocenters. The zero-order valence-corrected chi connectivity index (χ0v) is 11.0. The van der Waals surface area contributed by atoms with Gasteiger partial charge in [-0.1, -0.05) is 11.6 Å². The molecule has 0 aliphatic heterocycles. The fourth-order valence-corrected chi connectivity index (χ4v) is 1.78. The third kappa shape index (κ3) is 3.22. The molecule has 0 aliphatic carbocycles. The average molecular weight is 291 g/mol. The highest BCUT2D eigenvalue weighted by Crippen LogP contribution is 2.19. The van der Waals surface area contributed by atoms with Gasteiger partial charge in [0.05, 0.1) is 11.3 Å². The van der Waals surface area contributed by atoms with Crippen LogP contribution in [-0.2, 0) is 0 Å². The van der Waals surface area contributed by atoms with Gasteiger partial charge in [0, 0.05) is 5.56 Å². The molecule has 0 saturated carbocycles. The van der Waals surface area contributed by atoms with Crippen LogP contribution in [0.5, 0.6) is 0 Å². The van der Waals surface area contributed by atoms with E-state index in [1.54, 1.807) is 13.0 Å². The number of aryl methyl sites for hydroxylation is 1. The molecule has 0 fully saturated rings. The Bertz CT molecular complexity index is 729. The van der Waals surface area contributed by atoms with Gasteiger partial charge in [0.1, 0.15) is 0 Å². The van der Waals surface area contributed by atoms with Crippen LogP contribution >= 0.6 is 0 Å². The SMILES string of the molecule is Cc1ccc(NC(=O)c2ccc(F)c(F)c2)c(C(=O)O)c1. The summed E-state index contributed by atoms with van der Waals surface area (Å²) >= 11 is 0. The van der Waals surface area contributed by atoms with Crippen LogP contribution in [0.3, 0.4) is 0 Å². The Hall–Kier alpha value is -2.76. The van der Waals surface area contributed by atoms with Gasteiger partial charge < -0.3 is 10.4 Å². The molecule has 0 radical (unpaired) electrons. The van der Waals surface area contributed by atoms with E-state index in [0.29, 0.717) is 0 Å². The Morgan fingerprint density at radius 2 is 1.76 bits per heavy atom. The molecular weight excluding hydrogens is 280 g/mol. The standard InChI is InChI=1S/C15H11F2NO3/c1-8-2-5-13(10(6-8)15(20)21)18-14(19)9-3-4-11(16)12(17)7-9/h2-7H,1H3,(H,18,19)(H,20,21). The Kier molecular flexibility index (Phi) is 3.98. The Balaban J connectivity index is 2.31. The minimum atomic E-state index is -1.20. The number of hydrogen-bond acceptors (Lipinski definition) is 2. The quantitative estimate of drug-likeness (QED) is 0.912. The summed E-state index contributed by atoms with van der Waals surface area (Å²) in [5, 5.41) is 11.5. The van der Waals surface area contributed by atoms with Crippen LogP contribution in [0, 0.1) is 18.6 Å². The summed E-state index contributed by atoms with van der Waals surface area (Å²) < 4.78 is 25.9. The molecular formula is C15H11F2NO3. The first-order valence-corrected chi connectivity index (χ1v) is 5.99. The number of aromatic carboxylic acids is 1. The number of carboxylic acid groups (broad SMARTS) is 1. The van der Waals surface area contributed by atoms with Crippen LogP contribution in [0.1, 0.15) is 26.3 Å². The lowest BCUT2D eigenvalue weighted by Crippen LogP contribution is -2.15. The molecule has 0 saturated heterocycles. The van der Waals surface area contributed by atoms with Crippen molar-refractivity contribution in [1.82, 2.24) is 0 Å². The van der Waals surface area contributed by atoms with Gasteiger partial charge >= 0.3 is 5.97 Å². The van der Waals surface area contributed by atoms with Crippen LogP contribution < -0.4 is 5.32 Å². The summed E-state index contributed by atoms with van der Waals surface area (Å²) in [4.78, 5) is 23.1. The normalized spacial score (nSPS) is 10.2. The molecule has 4 nitrogen and oxygen atoms in total. The molecule has 1 amide bonds. The molecule has 0 spiro atoms. The third-order valence-electron chi connectivity index (χ3n) is 2.84. The summed E-state index contributed by atoms with van der Waals surface area (Å²) in [7, 11) is 0. The second-order valence-corrected chi connectivity index (χ2v) is 4.44. The predicted molar refractivity (Wildman–Crippen MR) is 72.4 cm³/mol. The van der Waals surface area contributed by atoms with Gasteiger partial charge in [-0.2, -0.15) is 0 Å². The molecule has 6 heteroatoms. The number of hydrogen-bond donors (Lipinski definition) is 2. The zero-order valence-electron chi connectivity index (χ0n) is 11.0. The van der Waals surface area contributed by atoms with Gasteiger partial charge in [0.25, 0.3) is 5.91 Å². The summed E-state index contributed by atoms with van der Waals surface area (Å²) in [6, 6.07) is 7.17. The number of nitrogens with one attached hydrogen (secondary N) is 1. The molecule has 2 aromatic carbocycles. The second kappa shape index (κ2) is 5.70. The van der Waals surface area contributed by atoms with Crippen LogP contribution in [0.15, 0.2) is 36.4 Å². The number of carbonyl (C=O) groups excluding carboxylic acids is 1. The van der Waals surface area contributed by atoms with Gasteiger partial charge in [0.15, 0.2) is 11.6 Å². The first-order valence-electron chi connectivity index (χ1n) is 5.99. The van der Waals surface area contributed by atoms with E-state index in [0.717, 1.165) is 23.8 Å². The van der Waals surface area contributed by atoms with E-state index in [1.165, 1.54) is 12.1 Å². The number of carboxylic acids is 1. The van der Waals surface area contributed by atoms with E-state index >= 15 is 0 Å². The summed E-state index contributed by atoms with van der Waals surface area (Å²) in [5.74, 6) is -4.13. The van der Waals surface area contributed by atoms with Crippen molar-refractivity contribution in [2.75, 3.05) is 5.32 Å². The maximum atomic E-state index is 13.1. The monoisotopic (exact) mass is 291 g/mol. The number of benzene rings is 2. The lowest BCUT2D eigenvalue weighted by atomic mass is 10.1. The van der Waals surface area contributed by atoms with E-state index < -0.39 is 23.5 Å². The van der Waals surface area contributed by atoms with E-state index in [-0.39, 0.29) is 16.8 Å². The molecule has 2 N–H and O–H groups in total. The molecule has 2 rings (SSSR count). The molecule has 0 aliphatic rings. The maximum Gasteiger partial charge on any atom is 0.337 e. The fourth-order valence-electron chi connectivity index (χ4n) is 1.78. The summed E-state index contributed by atoms with van der Waals surface area (Å²) in [5.41, 5.74) is 0.623. The number of anilines is 1. The van der Waals surface area contributed by atoms with Crippen molar-refractivity contribution in [2.24, 2.45) is 0 Å². The molecule has 2 aromatic rings. The van der Waals surface area contributed by atoms with Gasteiger partial charge in [0.2, 0.25) is 0 Å². The topological polar surface area (TPSA) is 66.4 Å². The van der Waals surface area contributed by atoms with E-state index in [2.05, 4.69) is 5.32 Å². The van der Waals surface area contributed by atoms with Crippen molar-refractivity contribution >= 4 is 17.6 Å². The minimum absolute atomic E-state index is 0.0778. The van der Waals surface area contributed by atoms with Gasteiger partial charge in [-0.25, -0.2) is 13.6 Å². The first kappa shape index (κ1) is 14.6. The van der Waals surface area contributed by atoms with Gasteiger partial charge in [-0.3, -0.25) is 4.79 Å². The largest absolute Gasteiger partial charge is 0.478 e. The van der Waals surface area contributed by atoms with Crippen LogP contribution in [0.25, 0.3) is 0 Å². The van der Waals surface area contributed by atoms with Crippen molar-refractivity contribution in [3.05, 3.63) is 64.7 Å². The summed E-state index contributed by atoms with van der Waals surface area (Å²) in [6.07, 6.45) is 0. The van der Waals surface area contributed by atoms with Gasteiger partial charge in [-0.05, 0) is 37.3 Å². The maximum absolute atomic E-state index is 13.1. The Labute approximate surface area is 119 Å².